The predicted octanol–water partition coefficient (Wildman–Crippen LogP) is 3.59. The van der Waals surface area contributed by atoms with Gasteiger partial charge >= 0.3 is 0 Å². The Morgan fingerprint density at radius 3 is 2.18 bits per heavy atom. The van der Waals surface area contributed by atoms with Crippen LogP contribution in [-0.4, -0.2) is 0 Å². The molecule has 1 heteroatoms. The van der Waals surface area contributed by atoms with Gasteiger partial charge in [-0.1, -0.05) is 59.7 Å². The SMILES string of the molecule is Cc1ccc(CNCc2cccc(C)c2)cc1. The van der Waals surface area contributed by atoms with E-state index in [0.29, 0.717) is 0 Å². The van der Waals surface area contributed by atoms with Gasteiger partial charge in [0.15, 0.2) is 0 Å². The van der Waals surface area contributed by atoms with Gasteiger partial charge in [-0.15, -0.1) is 0 Å². The maximum absolute atomic E-state index is 3.46. The molecule has 0 atom stereocenters. The van der Waals surface area contributed by atoms with Crippen molar-refractivity contribution in [2.75, 3.05) is 0 Å². The van der Waals surface area contributed by atoms with E-state index in [9.17, 15) is 0 Å². The molecule has 0 saturated heterocycles. The zero-order valence-electron chi connectivity index (χ0n) is 10.5. The Morgan fingerprint density at radius 2 is 1.47 bits per heavy atom. The summed E-state index contributed by atoms with van der Waals surface area (Å²) in [5, 5.41) is 3.46. The van der Waals surface area contributed by atoms with E-state index in [1.807, 2.05) is 0 Å². The lowest BCUT2D eigenvalue weighted by molar-refractivity contribution is 0.693. The fraction of sp³-hybridized carbons (Fsp3) is 0.250. The molecule has 0 unspecified atom stereocenters. The van der Waals surface area contributed by atoms with Crippen molar-refractivity contribution >= 4 is 0 Å². The highest BCUT2D eigenvalue weighted by Gasteiger charge is 1.94. The number of rotatable bonds is 4. The summed E-state index contributed by atoms with van der Waals surface area (Å²) in [5.74, 6) is 0. The summed E-state index contributed by atoms with van der Waals surface area (Å²) in [7, 11) is 0. The van der Waals surface area contributed by atoms with Crippen LogP contribution in [0.1, 0.15) is 22.3 Å². The van der Waals surface area contributed by atoms with Crippen LogP contribution < -0.4 is 5.32 Å². The average Bonchev–Trinajstić information content (AvgIpc) is 2.32. The van der Waals surface area contributed by atoms with Crippen LogP contribution in [-0.2, 0) is 13.1 Å². The zero-order chi connectivity index (χ0) is 12.1. The Kier molecular flexibility index (Phi) is 3.94. The predicted molar refractivity (Wildman–Crippen MR) is 72.9 cm³/mol. The summed E-state index contributed by atoms with van der Waals surface area (Å²) in [5.41, 5.74) is 5.31. The minimum absolute atomic E-state index is 0.925. The second-order valence-electron chi connectivity index (χ2n) is 4.58. The molecule has 0 aliphatic carbocycles. The van der Waals surface area contributed by atoms with E-state index in [1.165, 1.54) is 22.3 Å². The van der Waals surface area contributed by atoms with Crippen LogP contribution in [0.15, 0.2) is 48.5 Å². The van der Waals surface area contributed by atoms with E-state index in [-0.39, 0.29) is 0 Å². The first-order valence-corrected chi connectivity index (χ1v) is 6.06. The number of benzene rings is 2. The van der Waals surface area contributed by atoms with Crippen LogP contribution in [0.25, 0.3) is 0 Å². The number of aryl methyl sites for hydroxylation is 2. The first-order valence-electron chi connectivity index (χ1n) is 6.06. The molecular formula is C16H19N. The van der Waals surface area contributed by atoms with E-state index in [1.54, 1.807) is 0 Å². The van der Waals surface area contributed by atoms with Crippen molar-refractivity contribution in [2.45, 2.75) is 26.9 Å². The molecule has 0 aromatic heterocycles. The lowest BCUT2D eigenvalue weighted by Gasteiger charge is -2.06. The molecular weight excluding hydrogens is 206 g/mol. The smallest absolute Gasteiger partial charge is 0.0208 e. The molecule has 0 heterocycles. The van der Waals surface area contributed by atoms with Crippen molar-refractivity contribution in [3.8, 4) is 0 Å². The highest BCUT2D eigenvalue weighted by atomic mass is 14.8. The summed E-state index contributed by atoms with van der Waals surface area (Å²) in [6.45, 7) is 6.09. The Morgan fingerprint density at radius 1 is 0.765 bits per heavy atom. The minimum Gasteiger partial charge on any atom is -0.309 e. The molecule has 0 saturated carbocycles. The Balaban J connectivity index is 1.85. The first kappa shape index (κ1) is 11.9. The third kappa shape index (κ3) is 3.72. The molecule has 2 aromatic rings. The van der Waals surface area contributed by atoms with Crippen molar-refractivity contribution in [3.05, 3.63) is 70.8 Å². The quantitative estimate of drug-likeness (QED) is 0.838. The molecule has 0 radical (unpaired) electrons. The molecule has 0 spiro atoms. The largest absolute Gasteiger partial charge is 0.309 e. The molecule has 88 valence electrons. The summed E-state index contributed by atoms with van der Waals surface area (Å²) in [6.07, 6.45) is 0. The molecule has 0 bridgehead atoms. The summed E-state index contributed by atoms with van der Waals surface area (Å²) >= 11 is 0. The molecule has 0 fully saturated rings. The third-order valence-electron chi connectivity index (χ3n) is 2.86. The van der Waals surface area contributed by atoms with Gasteiger partial charge in [0, 0.05) is 13.1 Å². The highest BCUT2D eigenvalue weighted by molar-refractivity contribution is 5.23. The zero-order valence-corrected chi connectivity index (χ0v) is 10.5. The van der Waals surface area contributed by atoms with Crippen molar-refractivity contribution in [3.63, 3.8) is 0 Å². The van der Waals surface area contributed by atoms with E-state index >= 15 is 0 Å². The van der Waals surface area contributed by atoms with Crippen molar-refractivity contribution in [2.24, 2.45) is 0 Å². The summed E-state index contributed by atoms with van der Waals surface area (Å²) < 4.78 is 0. The number of nitrogens with one attached hydrogen (secondary N) is 1. The lowest BCUT2D eigenvalue weighted by atomic mass is 10.1. The van der Waals surface area contributed by atoms with E-state index < -0.39 is 0 Å². The molecule has 17 heavy (non-hydrogen) atoms. The Hall–Kier alpha value is -1.60. The molecule has 2 rings (SSSR count). The molecule has 1 nitrogen and oxygen atoms in total. The normalized spacial score (nSPS) is 10.5. The maximum Gasteiger partial charge on any atom is 0.0208 e. The van der Waals surface area contributed by atoms with E-state index in [4.69, 9.17) is 0 Å². The van der Waals surface area contributed by atoms with Crippen LogP contribution in [0.2, 0.25) is 0 Å². The minimum atomic E-state index is 0.925. The second-order valence-corrected chi connectivity index (χ2v) is 4.58. The van der Waals surface area contributed by atoms with Gasteiger partial charge in [0.1, 0.15) is 0 Å². The van der Waals surface area contributed by atoms with Gasteiger partial charge in [-0.05, 0) is 25.0 Å². The fourth-order valence-electron chi connectivity index (χ4n) is 1.88. The standard InChI is InChI=1S/C16H19N/c1-13-6-8-15(9-7-13)11-17-12-16-5-3-4-14(2)10-16/h3-10,17H,11-12H2,1-2H3. The van der Waals surface area contributed by atoms with Crippen LogP contribution in [0.4, 0.5) is 0 Å². The van der Waals surface area contributed by atoms with Crippen LogP contribution in [0.5, 0.6) is 0 Å². The van der Waals surface area contributed by atoms with Gasteiger partial charge in [-0.2, -0.15) is 0 Å². The van der Waals surface area contributed by atoms with Gasteiger partial charge in [0.2, 0.25) is 0 Å². The summed E-state index contributed by atoms with van der Waals surface area (Å²) in [4.78, 5) is 0. The average molecular weight is 225 g/mol. The first-order chi connectivity index (χ1) is 8.24. The van der Waals surface area contributed by atoms with Crippen molar-refractivity contribution in [1.29, 1.82) is 0 Å². The molecule has 0 amide bonds. The Bertz CT molecular complexity index is 471. The van der Waals surface area contributed by atoms with Gasteiger partial charge in [-0.25, -0.2) is 0 Å². The van der Waals surface area contributed by atoms with Crippen molar-refractivity contribution in [1.82, 2.24) is 5.32 Å². The topological polar surface area (TPSA) is 12.0 Å². The van der Waals surface area contributed by atoms with Crippen LogP contribution in [0.3, 0.4) is 0 Å². The lowest BCUT2D eigenvalue weighted by Crippen LogP contribution is -2.12. The second kappa shape index (κ2) is 5.65. The molecule has 0 aliphatic rings. The van der Waals surface area contributed by atoms with Gasteiger partial charge in [0.25, 0.3) is 0 Å². The van der Waals surface area contributed by atoms with Crippen molar-refractivity contribution < 1.29 is 0 Å². The van der Waals surface area contributed by atoms with E-state index in [2.05, 4.69) is 67.7 Å². The van der Waals surface area contributed by atoms with Gasteiger partial charge < -0.3 is 5.32 Å². The Labute approximate surface area is 103 Å². The summed E-state index contributed by atoms with van der Waals surface area (Å²) in [6, 6.07) is 17.3. The van der Waals surface area contributed by atoms with Crippen LogP contribution >= 0.6 is 0 Å². The highest BCUT2D eigenvalue weighted by Crippen LogP contribution is 2.05. The van der Waals surface area contributed by atoms with Crippen LogP contribution in [0, 0.1) is 13.8 Å². The number of hydrogen-bond donors (Lipinski definition) is 1. The maximum atomic E-state index is 3.46. The third-order valence-corrected chi connectivity index (χ3v) is 2.86. The number of hydrogen-bond acceptors (Lipinski definition) is 1. The van der Waals surface area contributed by atoms with Gasteiger partial charge in [0.05, 0.1) is 0 Å². The van der Waals surface area contributed by atoms with E-state index in [0.717, 1.165) is 13.1 Å². The monoisotopic (exact) mass is 225 g/mol. The molecule has 2 aromatic carbocycles. The van der Waals surface area contributed by atoms with Gasteiger partial charge in [-0.3, -0.25) is 0 Å². The molecule has 1 N–H and O–H groups in total. The molecule has 0 aliphatic heterocycles. The fourth-order valence-corrected chi connectivity index (χ4v) is 1.88.